The highest BCUT2D eigenvalue weighted by Crippen LogP contribution is 2.26. The molecule has 4 heteroatoms. The monoisotopic (exact) mass is 222 g/mol. The summed E-state index contributed by atoms with van der Waals surface area (Å²) in [5, 5.41) is 7.71. The Morgan fingerprint density at radius 2 is 2.19 bits per heavy atom. The Morgan fingerprint density at radius 1 is 1.44 bits per heavy atom. The molecule has 0 saturated heterocycles. The average Bonchev–Trinajstić information content (AvgIpc) is 2.87. The maximum absolute atomic E-state index is 4.32. The molecule has 4 nitrogen and oxygen atoms in total. The van der Waals surface area contributed by atoms with E-state index in [4.69, 9.17) is 0 Å². The van der Waals surface area contributed by atoms with Gasteiger partial charge in [0.05, 0.1) is 6.54 Å². The predicted molar refractivity (Wildman–Crippen MR) is 64.0 cm³/mol. The summed E-state index contributed by atoms with van der Waals surface area (Å²) in [6.07, 6.45) is 7.16. The number of nitrogens with one attached hydrogen (secondary N) is 1. The number of aromatic nitrogens is 3. The van der Waals surface area contributed by atoms with Gasteiger partial charge in [0.15, 0.2) is 0 Å². The van der Waals surface area contributed by atoms with Crippen molar-refractivity contribution in [3.8, 4) is 0 Å². The van der Waals surface area contributed by atoms with Crippen molar-refractivity contribution in [3.05, 3.63) is 12.2 Å². The van der Waals surface area contributed by atoms with E-state index >= 15 is 0 Å². The molecule has 2 rings (SSSR count). The second kappa shape index (κ2) is 5.43. The summed E-state index contributed by atoms with van der Waals surface area (Å²) in [6, 6.07) is 0.497. The lowest BCUT2D eigenvalue weighted by Crippen LogP contribution is -2.25. The molecular weight excluding hydrogens is 200 g/mol. The lowest BCUT2D eigenvalue weighted by molar-refractivity contribution is 0.409. The van der Waals surface area contributed by atoms with Crippen molar-refractivity contribution in [3.63, 3.8) is 0 Å². The van der Waals surface area contributed by atoms with Crippen LogP contribution in [0.2, 0.25) is 0 Å². The molecular formula is C12H22N4. The molecule has 1 aliphatic rings. The second-order valence-electron chi connectivity index (χ2n) is 5.04. The molecule has 0 amide bonds. The fourth-order valence-electron chi connectivity index (χ4n) is 2.31. The number of rotatable bonds is 5. The minimum absolute atomic E-state index is 0.497. The van der Waals surface area contributed by atoms with Gasteiger partial charge in [0, 0.05) is 12.6 Å². The topological polar surface area (TPSA) is 42.7 Å². The first-order valence-electron chi connectivity index (χ1n) is 6.36. The quantitative estimate of drug-likeness (QED) is 0.828. The molecule has 1 saturated carbocycles. The first kappa shape index (κ1) is 11.6. The van der Waals surface area contributed by atoms with Gasteiger partial charge in [-0.05, 0) is 18.8 Å². The van der Waals surface area contributed by atoms with E-state index in [9.17, 15) is 0 Å². The average molecular weight is 222 g/mol. The van der Waals surface area contributed by atoms with Crippen LogP contribution in [0.4, 0.5) is 0 Å². The van der Waals surface area contributed by atoms with E-state index in [1.807, 2.05) is 0 Å². The van der Waals surface area contributed by atoms with Crippen LogP contribution in [-0.2, 0) is 13.1 Å². The summed E-state index contributed by atoms with van der Waals surface area (Å²) in [5.74, 6) is 1.89. The van der Waals surface area contributed by atoms with Crippen molar-refractivity contribution in [2.45, 2.75) is 58.7 Å². The van der Waals surface area contributed by atoms with Crippen LogP contribution < -0.4 is 5.32 Å². The van der Waals surface area contributed by atoms with E-state index in [-0.39, 0.29) is 0 Å². The van der Waals surface area contributed by atoms with Crippen molar-refractivity contribution in [2.75, 3.05) is 0 Å². The van der Waals surface area contributed by atoms with E-state index in [1.165, 1.54) is 25.7 Å². The Hall–Kier alpha value is -0.900. The molecule has 0 spiro atoms. The minimum atomic E-state index is 0.497. The van der Waals surface area contributed by atoms with Crippen LogP contribution in [0.15, 0.2) is 6.33 Å². The van der Waals surface area contributed by atoms with E-state index in [2.05, 4.69) is 33.9 Å². The first-order valence-corrected chi connectivity index (χ1v) is 6.36. The Morgan fingerprint density at radius 3 is 2.88 bits per heavy atom. The third-order valence-corrected chi connectivity index (χ3v) is 3.27. The van der Waals surface area contributed by atoms with Crippen molar-refractivity contribution in [1.82, 2.24) is 20.1 Å². The predicted octanol–water partition coefficient (Wildman–Crippen LogP) is 1.97. The third-order valence-electron chi connectivity index (χ3n) is 3.27. The molecule has 0 bridgehead atoms. The fourth-order valence-corrected chi connectivity index (χ4v) is 2.31. The van der Waals surface area contributed by atoms with Gasteiger partial charge >= 0.3 is 0 Å². The number of nitrogens with zero attached hydrogens (tertiary/aromatic N) is 3. The van der Waals surface area contributed by atoms with Gasteiger partial charge in [0.1, 0.15) is 12.2 Å². The molecule has 0 radical (unpaired) electrons. The Labute approximate surface area is 97.5 Å². The van der Waals surface area contributed by atoms with E-state index in [0.29, 0.717) is 6.04 Å². The van der Waals surface area contributed by atoms with Gasteiger partial charge in [-0.1, -0.05) is 26.7 Å². The zero-order valence-corrected chi connectivity index (χ0v) is 10.3. The SMILES string of the molecule is CC(C)NCc1ncnn1CC1CCCC1. The van der Waals surface area contributed by atoms with Gasteiger partial charge in [-0.15, -0.1) is 0 Å². The van der Waals surface area contributed by atoms with Crippen molar-refractivity contribution in [2.24, 2.45) is 5.92 Å². The van der Waals surface area contributed by atoms with Gasteiger partial charge in [-0.2, -0.15) is 5.10 Å². The summed E-state index contributed by atoms with van der Waals surface area (Å²) >= 11 is 0. The van der Waals surface area contributed by atoms with Crippen LogP contribution in [0.25, 0.3) is 0 Å². The first-order chi connectivity index (χ1) is 7.75. The van der Waals surface area contributed by atoms with Crippen LogP contribution in [0.1, 0.15) is 45.4 Å². The van der Waals surface area contributed by atoms with Crippen LogP contribution in [0.5, 0.6) is 0 Å². The number of hydrogen-bond acceptors (Lipinski definition) is 3. The summed E-state index contributed by atoms with van der Waals surface area (Å²) in [6.45, 7) is 6.18. The van der Waals surface area contributed by atoms with Crippen LogP contribution in [-0.4, -0.2) is 20.8 Å². The minimum Gasteiger partial charge on any atom is -0.308 e. The fraction of sp³-hybridized carbons (Fsp3) is 0.833. The van der Waals surface area contributed by atoms with E-state index in [1.54, 1.807) is 6.33 Å². The summed E-state index contributed by atoms with van der Waals surface area (Å²) < 4.78 is 2.07. The van der Waals surface area contributed by atoms with Gasteiger partial charge in [0.25, 0.3) is 0 Å². The molecule has 1 aromatic rings. The summed E-state index contributed by atoms with van der Waals surface area (Å²) in [7, 11) is 0. The molecule has 1 heterocycles. The zero-order valence-electron chi connectivity index (χ0n) is 10.3. The summed E-state index contributed by atoms with van der Waals surface area (Å²) in [4.78, 5) is 4.32. The molecule has 1 N–H and O–H groups in total. The highest BCUT2D eigenvalue weighted by molar-refractivity contribution is 4.85. The van der Waals surface area contributed by atoms with E-state index < -0.39 is 0 Å². The number of hydrogen-bond donors (Lipinski definition) is 1. The molecule has 16 heavy (non-hydrogen) atoms. The maximum Gasteiger partial charge on any atom is 0.140 e. The standard InChI is InChI=1S/C12H22N4/c1-10(2)13-7-12-14-9-15-16(12)8-11-5-3-4-6-11/h9-11,13H,3-8H2,1-2H3. The van der Waals surface area contributed by atoms with Crippen LogP contribution in [0.3, 0.4) is 0 Å². The van der Waals surface area contributed by atoms with Crippen molar-refractivity contribution >= 4 is 0 Å². The molecule has 0 aromatic carbocycles. The van der Waals surface area contributed by atoms with Crippen molar-refractivity contribution < 1.29 is 0 Å². The van der Waals surface area contributed by atoms with E-state index in [0.717, 1.165) is 24.8 Å². The normalized spacial score (nSPS) is 17.4. The highest BCUT2D eigenvalue weighted by Gasteiger charge is 2.17. The molecule has 1 aliphatic carbocycles. The largest absolute Gasteiger partial charge is 0.308 e. The molecule has 0 aliphatic heterocycles. The highest BCUT2D eigenvalue weighted by atomic mass is 15.3. The third kappa shape index (κ3) is 3.04. The molecule has 1 aromatic heterocycles. The molecule has 0 atom stereocenters. The lowest BCUT2D eigenvalue weighted by Gasteiger charge is -2.12. The van der Waals surface area contributed by atoms with Gasteiger partial charge in [-0.25, -0.2) is 9.67 Å². The maximum atomic E-state index is 4.32. The van der Waals surface area contributed by atoms with Crippen LogP contribution in [0, 0.1) is 5.92 Å². The Kier molecular flexibility index (Phi) is 3.93. The van der Waals surface area contributed by atoms with Gasteiger partial charge in [0.2, 0.25) is 0 Å². The molecule has 1 fully saturated rings. The van der Waals surface area contributed by atoms with Crippen molar-refractivity contribution in [1.29, 1.82) is 0 Å². The Balaban J connectivity index is 1.90. The summed E-state index contributed by atoms with van der Waals surface area (Å²) in [5.41, 5.74) is 0. The molecule has 0 unspecified atom stereocenters. The van der Waals surface area contributed by atoms with Crippen LogP contribution >= 0.6 is 0 Å². The lowest BCUT2D eigenvalue weighted by atomic mass is 10.1. The van der Waals surface area contributed by atoms with Gasteiger partial charge in [-0.3, -0.25) is 0 Å². The zero-order chi connectivity index (χ0) is 11.4. The molecule has 90 valence electrons. The second-order valence-corrected chi connectivity index (χ2v) is 5.04. The Bertz CT molecular complexity index is 313. The smallest absolute Gasteiger partial charge is 0.140 e. The van der Waals surface area contributed by atoms with Gasteiger partial charge < -0.3 is 5.32 Å².